The number of carbonyl (C=O) groups excluding carboxylic acids is 2. The summed E-state index contributed by atoms with van der Waals surface area (Å²) in [6.45, 7) is 5.05. The molecule has 0 saturated carbocycles. The van der Waals surface area contributed by atoms with Gasteiger partial charge in [0.25, 0.3) is 5.91 Å². The minimum atomic E-state index is -0.477. The summed E-state index contributed by atoms with van der Waals surface area (Å²) in [5, 5.41) is 11.2. The van der Waals surface area contributed by atoms with E-state index in [0.29, 0.717) is 16.7 Å². The summed E-state index contributed by atoms with van der Waals surface area (Å²) in [5.41, 5.74) is 1.62. The first-order valence-electron chi connectivity index (χ1n) is 5.92. The average molecular weight is 260 g/mol. The number of nitrogens with one attached hydrogen (secondary N) is 1. The molecule has 1 rings (SSSR count). The number of esters is 1. The van der Waals surface area contributed by atoms with Gasteiger partial charge in [-0.3, -0.25) is 9.59 Å². The zero-order chi connectivity index (χ0) is 14.4. The van der Waals surface area contributed by atoms with Crippen molar-refractivity contribution in [2.24, 2.45) is 0 Å². The van der Waals surface area contributed by atoms with E-state index >= 15 is 0 Å². The summed E-state index contributed by atoms with van der Waals surface area (Å²) in [6.07, 6.45) is -0.207. The van der Waals surface area contributed by atoms with Crippen LogP contribution in [0.1, 0.15) is 35.3 Å². The van der Waals surface area contributed by atoms with E-state index in [2.05, 4.69) is 5.32 Å². The number of nitriles is 1. The SMILES string of the molecule is Cc1cc(C#N)ccc1C(=O)NCC(=O)OC(C)C. The van der Waals surface area contributed by atoms with Crippen molar-refractivity contribution in [3.63, 3.8) is 0 Å². The van der Waals surface area contributed by atoms with Crippen molar-refractivity contribution in [1.82, 2.24) is 5.32 Å². The highest BCUT2D eigenvalue weighted by Crippen LogP contribution is 2.10. The maximum Gasteiger partial charge on any atom is 0.325 e. The maximum atomic E-state index is 11.9. The fraction of sp³-hybridized carbons (Fsp3) is 0.357. The van der Waals surface area contributed by atoms with E-state index in [1.807, 2.05) is 6.07 Å². The molecule has 1 aromatic rings. The topological polar surface area (TPSA) is 79.2 Å². The van der Waals surface area contributed by atoms with Crippen LogP contribution in [-0.2, 0) is 9.53 Å². The highest BCUT2D eigenvalue weighted by Gasteiger charge is 2.12. The molecule has 0 heterocycles. The monoisotopic (exact) mass is 260 g/mol. The molecular weight excluding hydrogens is 244 g/mol. The summed E-state index contributed by atoms with van der Waals surface area (Å²) in [4.78, 5) is 23.1. The zero-order valence-electron chi connectivity index (χ0n) is 11.2. The molecule has 100 valence electrons. The maximum absolute atomic E-state index is 11.9. The Morgan fingerprint density at radius 3 is 2.63 bits per heavy atom. The second-order valence-corrected chi connectivity index (χ2v) is 4.36. The first kappa shape index (κ1) is 14.7. The lowest BCUT2D eigenvalue weighted by Gasteiger charge is -2.10. The van der Waals surface area contributed by atoms with Crippen LogP contribution in [0.2, 0.25) is 0 Å². The van der Waals surface area contributed by atoms with Crippen LogP contribution in [0, 0.1) is 18.3 Å². The van der Waals surface area contributed by atoms with E-state index in [1.54, 1.807) is 39.0 Å². The summed E-state index contributed by atoms with van der Waals surface area (Å²) in [6, 6.07) is 6.76. The van der Waals surface area contributed by atoms with Crippen LogP contribution in [0.25, 0.3) is 0 Å². The lowest BCUT2D eigenvalue weighted by Crippen LogP contribution is -2.32. The van der Waals surface area contributed by atoms with Crippen LogP contribution in [0.15, 0.2) is 18.2 Å². The molecule has 0 unspecified atom stereocenters. The van der Waals surface area contributed by atoms with Gasteiger partial charge in [0.2, 0.25) is 0 Å². The van der Waals surface area contributed by atoms with Gasteiger partial charge in [0.05, 0.1) is 17.7 Å². The van der Waals surface area contributed by atoms with Crippen molar-refractivity contribution in [1.29, 1.82) is 5.26 Å². The molecule has 1 amide bonds. The van der Waals surface area contributed by atoms with Crippen LogP contribution in [-0.4, -0.2) is 24.5 Å². The van der Waals surface area contributed by atoms with Crippen LogP contribution in [0.4, 0.5) is 0 Å². The molecule has 0 atom stereocenters. The molecule has 0 spiro atoms. The summed E-state index contributed by atoms with van der Waals surface area (Å²) in [7, 11) is 0. The van der Waals surface area contributed by atoms with Gasteiger partial charge in [-0.15, -0.1) is 0 Å². The molecule has 0 radical (unpaired) electrons. The standard InChI is InChI=1S/C14H16N2O3/c1-9(2)19-13(17)8-16-14(18)12-5-4-11(7-15)6-10(12)3/h4-6,9H,8H2,1-3H3,(H,16,18). The Labute approximate surface area is 112 Å². The number of nitrogens with zero attached hydrogens (tertiary/aromatic N) is 1. The molecular formula is C14H16N2O3. The van der Waals surface area contributed by atoms with Crippen molar-refractivity contribution in [2.45, 2.75) is 26.9 Å². The quantitative estimate of drug-likeness (QED) is 0.833. The van der Waals surface area contributed by atoms with E-state index in [4.69, 9.17) is 10.00 Å². The molecule has 1 N–H and O–H groups in total. The molecule has 0 aromatic heterocycles. The molecule has 5 heteroatoms. The van der Waals surface area contributed by atoms with Crippen molar-refractivity contribution in [3.8, 4) is 6.07 Å². The van der Waals surface area contributed by atoms with E-state index in [9.17, 15) is 9.59 Å². The molecule has 1 aromatic carbocycles. The van der Waals surface area contributed by atoms with Crippen molar-refractivity contribution in [2.75, 3.05) is 6.54 Å². The highest BCUT2D eigenvalue weighted by atomic mass is 16.5. The molecule has 0 aliphatic rings. The Bertz CT molecular complexity index is 530. The smallest absolute Gasteiger partial charge is 0.325 e. The van der Waals surface area contributed by atoms with E-state index in [-0.39, 0.29) is 18.6 Å². The molecule has 0 fully saturated rings. The van der Waals surface area contributed by atoms with Gasteiger partial charge in [0.1, 0.15) is 6.54 Å². The van der Waals surface area contributed by atoms with Crippen molar-refractivity contribution in [3.05, 3.63) is 34.9 Å². The number of benzene rings is 1. The second kappa shape index (κ2) is 6.55. The highest BCUT2D eigenvalue weighted by molar-refractivity contribution is 5.97. The van der Waals surface area contributed by atoms with Crippen LogP contribution in [0.5, 0.6) is 0 Å². The minimum Gasteiger partial charge on any atom is -0.462 e. The lowest BCUT2D eigenvalue weighted by atomic mass is 10.1. The predicted octanol–water partition coefficient (Wildman–Crippen LogP) is 1.55. The van der Waals surface area contributed by atoms with Crippen molar-refractivity contribution < 1.29 is 14.3 Å². The number of amides is 1. The Hall–Kier alpha value is -2.35. The molecule has 0 aliphatic carbocycles. The first-order valence-corrected chi connectivity index (χ1v) is 5.92. The largest absolute Gasteiger partial charge is 0.462 e. The van der Waals surface area contributed by atoms with E-state index in [0.717, 1.165) is 0 Å². The number of aryl methyl sites for hydroxylation is 1. The number of ether oxygens (including phenoxy) is 1. The lowest BCUT2D eigenvalue weighted by molar-refractivity contribution is -0.146. The van der Waals surface area contributed by atoms with Gasteiger partial charge in [-0.25, -0.2) is 0 Å². The Morgan fingerprint density at radius 1 is 1.42 bits per heavy atom. The summed E-state index contributed by atoms with van der Waals surface area (Å²) < 4.78 is 4.91. The summed E-state index contributed by atoms with van der Waals surface area (Å²) in [5.74, 6) is -0.836. The van der Waals surface area contributed by atoms with Gasteiger partial charge in [-0.05, 0) is 44.5 Å². The second-order valence-electron chi connectivity index (χ2n) is 4.36. The third kappa shape index (κ3) is 4.43. The van der Waals surface area contributed by atoms with Gasteiger partial charge in [-0.1, -0.05) is 0 Å². The average Bonchev–Trinajstić information content (AvgIpc) is 2.35. The van der Waals surface area contributed by atoms with Gasteiger partial charge in [0, 0.05) is 5.56 Å². The molecule has 0 bridgehead atoms. The number of rotatable bonds is 4. The Morgan fingerprint density at radius 2 is 2.11 bits per heavy atom. The third-order valence-corrected chi connectivity index (χ3v) is 2.36. The number of hydrogen-bond donors (Lipinski definition) is 1. The van der Waals surface area contributed by atoms with Gasteiger partial charge < -0.3 is 10.1 Å². The van der Waals surface area contributed by atoms with Crippen LogP contribution < -0.4 is 5.32 Å². The van der Waals surface area contributed by atoms with E-state index < -0.39 is 5.97 Å². The third-order valence-electron chi connectivity index (χ3n) is 2.36. The first-order chi connectivity index (χ1) is 8.93. The van der Waals surface area contributed by atoms with Gasteiger partial charge in [0.15, 0.2) is 0 Å². The molecule has 5 nitrogen and oxygen atoms in total. The fourth-order valence-corrected chi connectivity index (χ4v) is 1.54. The van der Waals surface area contributed by atoms with Crippen LogP contribution in [0.3, 0.4) is 0 Å². The van der Waals surface area contributed by atoms with Crippen LogP contribution >= 0.6 is 0 Å². The molecule has 0 aliphatic heterocycles. The number of hydrogen-bond acceptors (Lipinski definition) is 4. The minimum absolute atomic E-state index is 0.170. The van der Waals surface area contributed by atoms with Gasteiger partial charge in [-0.2, -0.15) is 5.26 Å². The normalized spacial score (nSPS) is 9.84. The Kier molecular flexibility index (Phi) is 5.07. The van der Waals surface area contributed by atoms with E-state index in [1.165, 1.54) is 0 Å². The van der Waals surface area contributed by atoms with Crippen molar-refractivity contribution >= 4 is 11.9 Å². The zero-order valence-corrected chi connectivity index (χ0v) is 11.2. The predicted molar refractivity (Wildman–Crippen MR) is 69.5 cm³/mol. The number of carbonyl (C=O) groups is 2. The Balaban J connectivity index is 2.64. The van der Waals surface area contributed by atoms with Gasteiger partial charge >= 0.3 is 5.97 Å². The fourth-order valence-electron chi connectivity index (χ4n) is 1.54. The molecule has 19 heavy (non-hydrogen) atoms. The molecule has 0 saturated heterocycles. The summed E-state index contributed by atoms with van der Waals surface area (Å²) >= 11 is 0.